The van der Waals surface area contributed by atoms with E-state index in [-0.39, 0.29) is 19.6 Å². The fourth-order valence-electron chi connectivity index (χ4n) is 1.68. The highest BCUT2D eigenvalue weighted by Crippen LogP contribution is 2.14. The van der Waals surface area contributed by atoms with Crippen molar-refractivity contribution in [2.24, 2.45) is 0 Å². The molecule has 0 spiro atoms. The van der Waals surface area contributed by atoms with E-state index in [1.54, 1.807) is 24.3 Å². The molecule has 0 radical (unpaired) electrons. The molecule has 1 fully saturated rings. The van der Waals surface area contributed by atoms with Crippen molar-refractivity contribution < 1.29 is 18.6 Å². The lowest BCUT2D eigenvalue weighted by atomic mass is 10.1. The maximum Gasteiger partial charge on any atom is 0.279 e. The van der Waals surface area contributed by atoms with Crippen LogP contribution in [-0.4, -0.2) is 48.7 Å². The first kappa shape index (κ1) is 13.4. The summed E-state index contributed by atoms with van der Waals surface area (Å²) >= 11 is 0. The molecule has 0 amide bonds. The minimum Gasteiger partial charge on any atom is -0.390 e. The number of β-amino-alcohol motifs (C(OH)–C–C–N with tert-alkyl or cyclic N) is 1. The lowest BCUT2D eigenvalue weighted by Crippen LogP contribution is -2.57. The SMILES string of the molecule is O=S(=O)(NCC(O)c1ccccc1)N1CC(O)C1. The van der Waals surface area contributed by atoms with E-state index < -0.39 is 22.4 Å². The quantitative estimate of drug-likeness (QED) is 0.656. The smallest absolute Gasteiger partial charge is 0.279 e. The van der Waals surface area contributed by atoms with E-state index in [1.807, 2.05) is 6.07 Å². The monoisotopic (exact) mass is 272 g/mol. The third-order valence-electron chi connectivity index (χ3n) is 2.81. The van der Waals surface area contributed by atoms with E-state index in [9.17, 15) is 13.5 Å². The molecule has 1 aromatic carbocycles. The zero-order valence-corrected chi connectivity index (χ0v) is 10.5. The fourth-order valence-corrected chi connectivity index (χ4v) is 2.97. The van der Waals surface area contributed by atoms with Crippen molar-refractivity contribution in [3.05, 3.63) is 35.9 Å². The molecule has 1 unspecified atom stereocenters. The minimum absolute atomic E-state index is 0.0844. The van der Waals surface area contributed by atoms with E-state index in [0.717, 1.165) is 4.31 Å². The Balaban J connectivity index is 1.88. The lowest BCUT2D eigenvalue weighted by Gasteiger charge is -2.34. The second-order valence-electron chi connectivity index (χ2n) is 4.25. The van der Waals surface area contributed by atoms with Gasteiger partial charge in [-0.3, -0.25) is 0 Å². The summed E-state index contributed by atoms with van der Waals surface area (Å²) in [5.74, 6) is 0. The van der Waals surface area contributed by atoms with Crippen molar-refractivity contribution in [3.8, 4) is 0 Å². The molecule has 1 heterocycles. The van der Waals surface area contributed by atoms with Crippen molar-refractivity contribution in [2.75, 3.05) is 19.6 Å². The highest BCUT2D eigenvalue weighted by atomic mass is 32.2. The number of nitrogens with zero attached hydrogens (tertiary/aromatic N) is 1. The van der Waals surface area contributed by atoms with Crippen molar-refractivity contribution in [2.45, 2.75) is 12.2 Å². The van der Waals surface area contributed by atoms with Gasteiger partial charge >= 0.3 is 0 Å². The van der Waals surface area contributed by atoms with Crippen LogP contribution in [0.1, 0.15) is 11.7 Å². The number of benzene rings is 1. The highest BCUT2D eigenvalue weighted by molar-refractivity contribution is 7.87. The number of aliphatic hydroxyl groups excluding tert-OH is 2. The number of aliphatic hydroxyl groups is 2. The maximum absolute atomic E-state index is 11.7. The summed E-state index contributed by atoms with van der Waals surface area (Å²) in [4.78, 5) is 0. The first-order chi connectivity index (χ1) is 8.49. The molecule has 3 N–H and O–H groups in total. The van der Waals surface area contributed by atoms with Gasteiger partial charge in [0.05, 0.1) is 12.2 Å². The summed E-state index contributed by atoms with van der Waals surface area (Å²) < 4.78 is 26.8. The van der Waals surface area contributed by atoms with Gasteiger partial charge in [-0.2, -0.15) is 17.4 Å². The number of nitrogens with one attached hydrogen (secondary N) is 1. The molecule has 0 aromatic heterocycles. The van der Waals surface area contributed by atoms with Gasteiger partial charge in [-0.05, 0) is 5.56 Å². The average molecular weight is 272 g/mol. The standard InChI is InChI=1S/C11H16N2O4S/c14-10-7-13(8-10)18(16,17)12-6-11(15)9-4-2-1-3-5-9/h1-5,10-12,14-15H,6-8H2. The van der Waals surface area contributed by atoms with E-state index >= 15 is 0 Å². The molecule has 1 aromatic rings. The summed E-state index contributed by atoms with van der Waals surface area (Å²) in [6, 6.07) is 8.83. The van der Waals surface area contributed by atoms with Gasteiger partial charge in [0.2, 0.25) is 0 Å². The van der Waals surface area contributed by atoms with Gasteiger partial charge in [0, 0.05) is 19.6 Å². The summed E-state index contributed by atoms with van der Waals surface area (Å²) in [7, 11) is -3.60. The first-order valence-electron chi connectivity index (χ1n) is 5.65. The van der Waals surface area contributed by atoms with Crippen molar-refractivity contribution in [1.29, 1.82) is 0 Å². The Morgan fingerprint density at radius 3 is 2.50 bits per heavy atom. The van der Waals surface area contributed by atoms with Gasteiger partial charge in [-0.15, -0.1) is 0 Å². The molecular weight excluding hydrogens is 256 g/mol. The van der Waals surface area contributed by atoms with Crippen LogP contribution in [0.4, 0.5) is 0 Å². The Morgan fingerprint density at radius 1 is 1.33 bits per heavy atom. The maximum atomic E-state index is 11.7. The second-order valence-corrected chi connectivity index (χ2v) is 6.01. The third-order valence-corrected chi connectivity index (χ3v) is 4.32. The third kappa shape index (κ3) is 3.06. The Bertz CT molecular complexity index is 485. The van der Waals surface area contributed by atoms with Gasteiger partial charge < -0.3 is 10.2 Å². The van der Waals surface area contributed by atoms with Gasteiger partial charge in [0.25, 0.3) is 10.2 Å². The minimum atomic E-state index is -3.60. The summed E-state index contributed by atoms with van der Waals surface area (Å²) in [6.07, 6.45) is -1.47. The van der Waals surface area contributed by atoms with Crippen LogP contribution in [0.25, 0.3) is 0 Å². The predicted molar refractivity (Wildman–Crippen MR) is 65.9 cm³/mol. The molecule has 1 saturated heterocycles. The van der Waals surface area contributed by atoms with Gasteiger partial charge in [0.15, 0.2) is 0 Å². The van der Waals surface area contributed by atoms with E-state index in [0.29, 0.717) is 5.56 Å². The second kappa shape index (κ2) is 5.33. The van der Waals surface area contributed by atoms with Gasteiger partial charge in [-0.1, -0.05) is 30.3 Å². The topological polar surface area (TPSA) is 89.9 Å². The predicted octanol–water partition coefficient (Wildman–Crippen LogP) is -0.769. The molecule has 1 aliphatic rings. The molecule has 100 valence electrons. The fraction of sp³-hybridized carbons (Fsp3) is 0.455. The number of hydrogen-bond donors (Lipinski definition) is 3. The van der Waals surface area contributed by atoms with E-state index in [2.05, 4.69) is 4.72 Å². The summed E-state index contributed by atoms with van der Waals surface area (Å²) in [6.45, 7) is 0.131. The summed E-state index contributed by atoms with van der Waals surface area (Å²) in [5, 5.41) is 18.9. The zero-order chi connectivity index (χ0) is 13.2. The zero-order valence-electron chi connectivity index (χ0n) is 9.73. The van der Waals surface area contributed by atoms with Crippen LogP contribution in [-0.2, 0) is 10.2 Å². The molecule has 2 rings (SSSR count). The van der Waals surface area contributed by atoms with E-state index in [4.69, 9.17) is 5.11 Å². The van der Waals surface area contributed by atoms with Crippen LogP contribution >= 0.6 is 0 Å². The molecule has 7 heteroatoms. The van der Waals surface area contributed by atoms with E-state index in [1.165, 1.54) is 0 Å². The largest absolute Gasteiger partial charge is 0.390 e. The highest BCUT2D eigenvalue weighted by Gasteiger charge is 2.34. The lowest BCUT2D eigenvalue weighted by molar-refractivity contribution is 0.0535. The van der Waals surface area contributed by atoms with Crippen LogP contribution in [0.3, 0.4) is 0 Å². The van der Waals surface area contributed by atoms with Gasteiger partial charge in [-0.25, -0.2) is 0 Å². The first-order valence-corrected chi connectivity index (χ1v) is 7.09. The Kier molecular flexibility index (Phi) is 3.98. The average Bonchev–Trinajstić information content (AvgIpc) is 2.33. The Morgan fingerprint density at radius 2 is 1.94 bits per heavy atom. The number of hydrogen-bond acceptors (Lipinski definition) is 4. The Labute approximate surface area is 106 Å². The van der Waals surface area contributed by atoms with Crippen LogP contribution in [0.2, 0.25) is 0 Å². The van der Waals surface area contributed by atoms with Crippen LogP contribution in [0.5, 0.6) is 0 Å². The number of rotatable bonds is 5. The molecule has 0 aliphatic carbocycles. The molecule has 0 saturated carbocycles. The van der Waals surface area contributed by atoms with Gasteiger partial charge in [0.1, 0.15) is 0 Å². The Hall–Kier alpha value is -0.990. The molecule has 0 bridgehead atoms. The van der Waals surface area contributed by atoms with Crippen LogP contribution < -0.4 is 4.72 Å². The normalized spacial score (nSPS) is 19.4. The molecule has 18 heavy (non-hydrogen) atoms. The van der Waals surface area contributed by atoms with Crippen molar-refractivity contribution in [1.82, 2.24) is 9.03 Å². The van der Waals surface area contributed by atoms with Crippen molar-refractivity contribution in [3.63, 3.8) is 0 Å². The molecule has 1 aliphatic heterocycles. The van der Waals surface area contributed by atoms with Crippen LogP contribution in [0, 0.1) is 0 Å². The molecule has 6 nitrogen and oxygen atoms in total. The summed E-state index contributed by atoms with van der Waals surface area (Å²) in [5.41, 5.74) is 0.656. The molecule has 1 atom stereocenters. The van der Waals surface area contributed by atoms with Crippen LogP contribution in [0.15, 0.2) is 30.3 Å². The molecular formula is C11H16N2O4S. The van der Waals surface area contributed by atoms with Crippen molar-refractivity contribution >= 4 is 10.2 Å².